The van der Waals surface area contributed by atoms with Crippen molar-refractivity contribution in [1.29, 1.82) is 0 Å². The van der Waals surface area contributed by atoms with Gasteiger partial charge in [-0.1, -0.05) is 217 Å². The first-order valence-corrected chi connectivity index (χ1v) is 26.8. The topological polar surface area (TPSA) is 108 Å². The van der Waals surface area contributed by atoms with Gasteiger partial charge in [0.05, 0.1) is 34.4 Å². The number of carboxylic acid groups (broad SMARTS) is 1. The van der Waals surface area contributed by atoms with E-state index in [-0.39, 0.29) is 32.2 Å². The van der Waals surface area contributed by atoms with E-state index in [1.165, 1.54) is 141 Å². The average molecular weight is 917 g/mol. The first-order chi connectivity index (χ1) is 31.6. The van der Waals surface area contributed by atoms with Crippen LogP contribution in [0.2, 0.25) is 0 Å². The number of unbranched alkanes of at least 4 members (excludes halogenated alkanes) is 26. The van der Waals surface area contributed by atoms with Gasteiger partial charge in [0.25, 0.3) is 6.29 Å². The second-order valence-electron chi connectivity index (χ2n) is 19.2. The van der Waals surface area contributed by atoms with Gasteiger partial charge in [-0.15, -0.1) is 0 Å². The number of hydrogen-bond acceptors (Lipinski definition) is 7. The van der Waals surface area contributed by atoms with Crippen molar-refractivity contribution in [3.63, 3.8) is 0 Å². The van der Waals surface area contributed by atoms with Crippen LogP contribution in [0.3, 0.4) is 0 Å². The summed E-state index contributed by atoms with van der Waals surface area (Å²) in [6, 6.07) is 0. The summed E-state index contributed by atoms with van der Waals surface area (Å²) >= 11 is 0. The molecule has 0 aliphatic carbocycles. The van der Waals surface area contributed by atoms with Crippen LogP contribution >= 0.6 is 0 Å². The predicted octanol–water partition coefficient (Wildman–Crippen LogP) is 15.1. The molecular formula is C56H102NO8+. The van der Waals surface area contributed by atoms with Gasteiger partial charge in [0, 0.05) is 12.8 Å². The van der Waals surface area contributed by atoms with Crippen molar-refractivity contribution < 1.29 is 42.9 Å². The number of esters is 2. The second-order valence-corrected chi connectivity index (χ2v) is 19.2. The van der Waals surface area contributed by atoms with Gasteiger partial charge in [0.15, 0.2) is 6.10 Å². The predicted molar refractivity (Wildman–Crippen MR) is 272 cm³/mol. The molecule has 0 bridgehead atoms. The zero-order valence-corrected chi connectivity index (χ0v) is 42.9. The number of nitrogens with zero attached hydrogens (tertiary/aromatic N) is 1. The molecule has 0 saturated heterocycles. The fourth-order valence-corrected chi connectivity index (χ4v) is 7.48. The number of rotatable bonds is 49. The number of ether oxygens (including phenoxy) is 4. The van der Waals surface area contributed by atoms with Crippen molar-refractivity contribution in [1.82, 2.24) is 0 Å². The minimum absolute atomic E-state index is 0.179. The number of quaternary nitrogens is 1. The lowest BCUT2D eigenvalue weighted by atomic mass is 10.0. The molecule has 65 heavy (non-hydrogen) atoms. The molecule has 0 spiro atoms. The number of carboxylic acids is 1. The summed E-state index contributed by atoms with van der Waals surface area (Å²) in [5, 5.41) is 9.63. The van der Waals surface area contributed by atoms with Crippen LogP contribution in [-0.2, 0) is 33.3 Å². The zero-order valence-electron chi connectivity index (χ0n) is 42.9. The Morgan fingerprint density at radius 3 is 1.31 bits per heavy atom. The summed E-state index contributed by atoms with van der Waals surface area (Å²) < 4.78 is 22.7. The normalized spacial score (nSPS) is 13.2. The molecule has 0 aliphatic rings. The molecule has 0 aromatic heterocycles. The van der Waals surface area contributed by atoms with Gasteiger partial charge in [-0.2, -0.15) is 0 Å². The van der Waals surface area contributed by atoms with E-state index in [0.717, 1.165) is 64.2 Å². The van der Waals surface area contributed by atoms with Crippen molar-refractivity contribution in [2.75, 3.05) is 47.5 Å². The third-order valence-corrected chi connectivity index (χ3v) is 11.6. The summed E-state index contributed by atoms with van der Waals surface area (Å²) in [6.07, 6.45) is 55.1. The van der Waals surface area contributed by atoms with E-state index in [2.05, 4.69) is 62.5 Å². The maximum Gasteiger partial charge on any atom is 0.361 e. The minimum Gasteiger partial charge on any atom is -0.477 e. The third kappa shape index (κ3) is 49.0. The highest BCUT2D eigenvalue weighted by Crippen LogP contribution is 2.16. The van der Waals surface area contributed by atoms with E-state index in [1.807, 2.05) is 21.1 Å². The Hall–Kier alpha value is -2.75. The molecule has 378 valence electrons. The lowest BCUT2D eigenvalue weighted by Crippen LogP contribution is -2.40. The lowest BCUT2D eigenvalue weighted by Gasteiger charge is -2.25. The number of allylic oxidation sites excluding steroid dienone is 8. The van der Waals surface area contributed by atoms with Gasteiger partial charge in [-0.05, 0) is 51.4 Å². The Labute approximate surface area is 400 Å². The van der Waals surface area contributed by atoms with Crippen LogP contribution in [0, 0.1) is 0 Å². The molecule has 0 fully saturated rings. The molecular weight excluding hydrogens is 815 g/mol. The quantitative estimate of drug-likeness (QED) is 0.0211. The van der Waals surface area contributed by atoms with E-state index in [9.17, 15) is 19.5 Å². The van der Waals surface area contributed by atoms with Gasteiger partial charge < -0.3 is 28.5 Å². The standard InChI is InChI=1S/C56H101NO8/c1-6-8-10-12-14-15-16-17-18-19-20-21-22-23-24-25-26-27-28-29-30-31-32-33-34-35-36-37-38-39-41-43-45-47-54(59)65-52(50-63-53(58)46-44-42-40-13-11-9-7-2)51-64-56(55(60)61)62-49-48-57(3,4)5/h8,10,14-15,17-18,20-21,52,56H,6-7,9,11-13,16,19,22-51H2,1-5H3/p+1/b10-8-,15-14-,18-17-,21-20-. The van der Waals surface area contributed by atoms with Crippen LogP contribution in [0.4, 0.5) is 0 Å². The molecule has 0 aliphatic heterocycles. The molecule has 0 aromatic carbocycles. The highest BCUT2D eigenvalue weighted by Gasteiger charge is 2.25. The van der Waals surface area contributed by atoms with Crippen molar-refractivity contribution in [2.24, 2.45) is 0 Å². The average Bonchev–Trinajstić information content (AvgIpc) is 3.27. The number of hydrogen-bond donors (Lipinski definition) is 1. The summed E-state index contributed by atoms with van der Waals surface area (Å²) in [5.41, 5.74) is 0. The maximum absolute atomic E-state index is 12.8. The van der Waals surface area contributed by atoms with Crippen LogP contribution in [-0.4, -0.2) is 87.4 Å². The first-order valence-electron chi connectivity index (χ1n) is 26.8. The largest absolute Gasteiger partial charge is 0.477 e. The number of carbonyl (C=O) groups excluding carboxylic acids is 2. The summed E-state index contributed by atoms with van der Waals surface area (Å²) in [7, 11) is 5.96. The molecule has 0 heterocycles. The minimum atomic E-state index is -1.50. The van der Waals surface area contributed by atoms with Crippen LogP contribution < -0.4 is 0 Å². The molecule has 0 aromatic rings. The molecule has 9 nitrogen and oxygen atoms in total. The van der Waals surface area contributed by atoms with Crippen LogP contribution in [0.5, 0.6) is 0 Å². The smallest absolute Gasteiger partial charge is 0.361 e. The maximum atomic E-state index is 12.8. The number of likely N-dealkylation sites (N-methyl/N-ethyl adjacent to an activating group) is 1. The molecule has 1 N–H and O–H groups in total. The van der Waals surface area contributed by atoms with Crippen LogP contribution in [0.15, 0.2) is 48.6 Å². The fourth-order valence-electron chi connectivity index (χ4n) is 7.48. The SMILES string of the molecule is CC/C=C\C/C=C\C/C=C\C/C=C\CCCCCCCCCCCCCCCCCCCCCCC(=O)OC(COC(=O)CCCCCCCCC)COC(OCC[N+](C)(C)C)C(=O)O. The lowest BCUT2D eigenvalue weighted by molar-refractivity contribution is -0.870. The molecule has 9 heteroatoms. The van der Waals surface area contributed by atoms with Crippen molar-refractivity contribution in [3.8, 4) is 0 Å². The van der Waals surface area contributed by atoms with Gasteiger partial charge in [-0.25, -0.2) is 4.79 Å². The summed E-state index contributed by atoms with van der Waals surface area (Å²) in [6.45, 7) is 4.73. The first kappa shape index (κ1) is 62.2. The Morgan fingerprint density at radius 2 is 0.877 bits per heavy atom. The second kappa shape index (κ2) is 47.7. The van der Waals surface area contributed by atoms with Crippen molar-refractivity contribution >= 4 is 17.9 Å². The fraction of sp³-hybridized carbons (Fsp3) is 0.804. The number of carbonyl (C=O) groups is 3. The van der Waals surface area contributed by atoms with Gasteiger partial charge in [-0.3, -0.25) is 9.59 Å². The van der Waals surface area contributed by atoms with E-state index in [1.54, 1.807) is 0 Å². The van der Waals surface area contributed by atoms with E-state index in [4.69, 9.17) is 18.9 Å². The summed E-state index contributed by atoms with van der Waals surface area (Å²) in [4.78, 5) is 37.0. The van der Waals surface area contributed by atoms with Crippen molar-refractivity contribution in [3.05, 3.63) is 48.6 Å². The van der Waals surface area contributed by atoms with E-state index >= 15 is 0 Å². The van der Waals surface area contributed by atoms with E-state index in [0.29, 0.717) is 17.4 Å². The van der Waals surface area contributed by atoms with Gasteiger partial charge in [0.1, 0.15) is 13.2 Å². The van der Waals surface area contributed by atoms with Gasteiger partial charge >= 0.3 is 17.9 Å². The number of aliphatic carboxylic acids is 1. The molecule has 0 amide bonds. The Bertz CT molecular complexity index is 1210. The molecule has 2 atom stereocenters. The zero-order chi connectivity index (χ0) is 47.7. The monoisotopic (exact) mass is 917 g/mol. The van der Waals surface area contributed by atoms with E-state index < -0.39 is 24.3 Å². The Balaban J connectivity index is 3.96. The highest BCUT2D eigenvalue weighted by atomic mass is 16.7. The molecule has 0 radical (unpaired) electrons. The Morgan fingerprint density at radius 1 is 0.477 bits per heavy atom. The van der Waals surface area contributed by atoms with Crippen LogP contribution in [0.1, 0.15) is 232 Å². The van der Waals surface area contributed by atoms with Crippen molar-refractivity contribution in [2.45, 2.75) is 245 Å². The van der Waals surface area contributed by atoms with Crippen LogP contribution in [0.25, 0.3) is 0 Å². The highest BCUT2D eigenvalue weighted by molar-refractivity contribution is 5.71. The van der Waals surface area contributed by atoms with Gasteiger partial charge in [0.2, 0.25) is 0 Å². The molecule has 0 rings (SSSR count). The Kier molecular flexibility index (Phi) is 45.7. The third-order valence-electron chi connectivity index (χ3n) is 11.6. The summed E-state index contributed by atoms with van der Waals surface area (Å²) in [5.74, 6) is -2.00. The molecule has 0 saturated carbocycles. The molecule has 2 unspecified atom stereocenters.